The van der Waals surface area contributed by atoms with E-state index in [4.69, 9.17) is 9.47 Å². The molecule has 0 saturated carbocycles. The van der Waals surface area contributed by atoms with Gasteiger partial charge < -0.3 is 14.8 Å². The van der Waals surface area contributed by atoms with Crippen molar-refractivity contribution in [2.45, 2.75) is 39.3 Å². The van der Waals surface area contributed by atoms with E-state index in [0.717, 1.165) is 0 Å². The summed E-state index contributed by atoms with van der Waals surface area (Å²) in [7, 11) is 1.62. The fraction of sp³-hybridized carbons (Fsp3) is 0.900. The number of hydrogen-bond donors (Lipinski definition) is 1. The lowest BCUT2D eigenvalue weighted by molar-refractivity contribution is -0.157. The lowest BCUT2D eigenvalue weighted by atomic mass is 10.2. The summed E-state index contributed by atoms with van der Waals surface area (Å²) >= 11 is 0. The number of carbonyl (C=O) groups is 1. The van der Waals surface area contributed by atoms with Crippen molar-refractivity contribution in [3.8, 4) is 0 Å². The van der Waals surface area contributed by atoms with Crippen molar-refractivity contribution in [3.05, 3.63) is 0 Å². The molecule has 0 aromatic rings. The van der Waals surface area contributed by atoms with Crippen molar-refractivity contribution in [2.24, 2.45) is 0 Å². The summed E-state index contributed by atoms with van der Waals surface area (Å²) in [6, 6.07) is -0.288. The molecule has 0 spiro atoms. The third kappa shape index (κ3) is 6.86. The minimum Gasteiger partial charge on any atom is -0.459 e. The smallest absolute Gasteiger partial charge is 0.323 e. The maximum absolute atomic E-state index is 11.4. The van der Waals surface area contributed by atoms with Crippen LogP contribution in [-0.2, 0) is 14.3 Å². The van der Waals surface area contributed by atoms with Gasteiger partial charge in [0.1, 0.15) is 11.6 Å². The van der Waals surface area contributed by atoms with E-state index in [-0.39, 0.29) is 12.0 Å². The predicted octanol–water partition coefficient (Wildman–Crippen LogP) is 0.953. The molecule has 0 fully saturated rings. The quantitative estimate of drug-likeness (QED) is 0.534. The van der Waals surface area contributed by atoms with Crippen molar-refractivity contribution < 1.29 is 14.3 Å². The number of esters is 1. The van der Waals surface area contributed by atoms with E-state index in [9.17, 15) is 4.79 Å². The summed E-state index contributed by atoms with van der Waals surface area (Å²) in [5.74, 6) is -0.228. The fourth-order valence-electron chi connectivity index (χ4n) is 0.851. The van der Waals surface area contributed by atoms with Gasteiger partial charge in [0.15, 0.2) is 0 Å². The maximum atomic E-state index is 11.4. The topological polar surface area (TPSA) is 47.6 Å². The molecule has 1 unspecified atom stereocenters. The van der Waals surface area contributed by atoms with Gasteiger partial charge in [-0.25, -0.2) is 0 Å². The Morgan fingerprint density at radius 3 is 2.43 bits per heavy atom. The second-order valence-electron chi connectivity index (χ2n) is 4.20. The van der Waals surface area contributed by atoms with Gasteiger partial charge in [-0.15, -0.1) is 0 Å². The molecule has 14 heavy (non-hydrogen) atoms. The van der Waals surface area contributed by atoms with Crippen molar-refractivity contribution in [2.75, 3.05) is 20.3 Å². The van der Waals surface area contributed by atoms with E-state index in [1.807, 2.05) is 20.8 Å². The monoisotopic (exact) mass is 203 g/mol. The lowest BCUT2D eigenvalue weighted by Crippen LogP contribution is -2.40. The lowest BCUT2D eigenvalue weighted by Gasteiger charge is -2.22. The molecule has 4 nitrogen and oxygen atoms in total. The van der Waals surface area contributed by atoms with Crippen LogP contribution in [0.5, 0.6) is 0 Å². The molecule has 0 rings (SSSR count). The van der Waals surface area contributed by atoms with Gasteiger partial charge in [-0.3, -0.25) is 4.79 Å². The Kier molecular flexibility index (Phi) is 5.72. The van der Waals surface area contributed by atoms with E-state index >= 15 is 0 Å². The molecule has 1 N–H and O–H groups in total. The summed E-state index contributed by atoms with van der Waals surface area (Å²) in [6.45, 7) is 8.58. The molecule has 0 aliphatic rings. The number of nitrogens with one attached hydrogen (secondary N) is 1. The van der Waals surface area contributed by atoms with Gasteiger partial charge in [0.25, 0.3) is 0 Å². The molecular weight excluding hydrogens is 182 g/mol. The average Bonchev–Trinajstić information content (AvgIpc) is 2.01. The molecular formula is C10H21NO3. The highest BCUT2D eigenvalue weighted by Crippen LogP contribution is 2.07. The Morgan fingerprint density at radius 1 is 1.43 bits per heavy atom. The van der Waals surface area contributed by atoms with E-state index in [1.54, 1.807) is 14.0 Å². The Morgan fingerprint density at radius 2 is 2.00 bits per heavy atom. The third-order valence-electron chi connectivity index (χ3n) is 1.52. The van der Waals surface area contributed by atoms with Crippen LogP contribution in [0.4, 0.5) is 0 Å². The molecule has 0 saturated heterocycles. The van der Waals surface area contributed by atoms with Gasteiger partial charge in [-0.2, -0.15) is 0 Å². The molecule has 0 aliphatic heterocycles. The Bertz CT molecular complexity index is 175. The second-order valence-corrected chi connectivity index (χ2v) is 4.20. The highest BCUT2D eigenvalue weighted by Gasteiger charge is 2.20. The minimum atomic E-state index is -0.422. The van der Waals surface area contributed by atoms with Crippen LogP contribution >= 0.6 is 0 Å². The van der Waals surface area contributed by atoms with E-state index in [2.05, 4.69) is 5.32 Å². The van der Waals surface area contributed by atoms with Crippen LogP contribution in [0.15, 0.2) is 0 Å². The number of rotatable bonds is 5. The molecule has 1 atom stereocenters. The van der Waals surface area contributed by atoms with Crippen LogP contribution in [0.1, 0.15) is 27.7 Å². The number of carbonyl (C=O) groups excluding carboxylic acids is 1. The molecule has 0 radical (unpaired) electrons. The minimum absolute atomic E-state index is 0.228. The summed E-state index contributed by atoms with van der Waals surface area (Å²) in [5.41, 5.74) is -0.422. The summed E-state index contributed by atoms with van der Waals surface area (Å²) in [6.07, 6.45) is 0. The van der Waals surface area contributed by atoms with E-state index in [0.29, 0.717) is 13.2 Å². The van der Waals surface area contributed by atoms with Crippen molar-refractivity contribution in [3.63, 3.8) is 0 Å². The molecule has 0 heterocycles. The first-order valence-corrected chi connectivity index (χ1v) is 4.82. The first-order chi connectivity index (χ1) is 6.37. The Labute approximate surface area is 86.0 Å². The molecule has 84 valence electrons. The van der Waals surface area contributed by atoms with Crippen LogP contribution in [0, 0.1) is 0 Å². The van der Waals surface area contributed by atoms with Gasteiger partial charge in [0, 0.05) is 13.7 Å². The first-order valence-electron chi connectivity index (χ1n) is 4.82. The molecule has 0 aromatic heterocycles. The van der Waals surface area contributed by atoms with Crippen molar-refractivity contribution in [1.82, 2.24) is 5.32 Å². The summed E-state index contributed by atoms with van der Waals surface area (Å²) in [5, 5.41) is 3.01. The average molecular weight is 203 g/mol. The highest BCUT2D eigenvalue weighted by atomic mass is 16.6. The SMILES string of the molecule is COCCNC(C)C(=O)OC(C)(C)C. The van der Waals surface area contributed by atoms with Crippen molar-refractivity contribution in [1.29, 1.82) is 0 Å². The summed E-state index contributed by atoms with van der Waals surface area (Å²) < 4.78 is 10.0. The Hall–Kier alpha value is -0.610. The van der Waals surface area contributed by atoms with Crippen LogP contribution in [0.2, 0.25) is 0 Å². The van der Waals surface area contributed by atoms with Gasteiger partial charge in [-0.1, -0.05) is 0 Å². The van der Waals surface area contributed by atoms with E-state index < -0.39 is 5.60 Å². The largest absolute Gasteiger partial charge is 0.459 e. The van der Waals surface area contributed by atoms with Crippen LogP contribution in [-0.4, -0.2) is 37.9 Å². The predicted molar refractivity (Wildman–Crippen MR) is 55.2 cm³/mol. The number of hydrogen-bond acceptors (Lipinski definition) is 4. The van der Waals surface area contributed by atoms with Crippen LogP contribution in [0.25, 0.3) is 0 Å². The number of methoxy groups -OCH3 is 1. The van der Waals surface area contributed by atoms with Crippen LogP contribution < -0.4 is 5.32 Å². The molecule has 0 amide bonds. The van der Waals surface area contributed by atoms with Crippen LogP contribution in [0.3, 0.4) is 0 Å². The standard InChI is InChI=1S/C10H21NO3/c1-8(11-6-7-13-5)9(12)14-10(2,3)4/h8,11H,6-7H2,1-5H3. The van der Waals surface area contributed by atoms with E-state index in [1.165, 1.54) is 0 Å². The Balaban J connectivity index is 3.77. The summed E-state index contributed by atoms with van der Waals surface area (Å²) in [4.78, 5) is 11.4. The molecule has 4 heteroatoms. The first kappa shape index (κ1) is 13.4. The zero-order valence-electron chi connectivity index (χ0n) is 9.72. The van der Waals surface area contributed by atoms with Crippen molar-refractivity contribution >= 4 is 5.97 Å². The fourth-order valence-corrected chi connectivity index (χ4v) is 0.851. The molecule has 0 aliphatic carbocycles. The molecule has 0 aromatic carbocycles. The zero-order chi connectivity index (χ0) is 11.2. The maximum Gasteiger partial charge on any atom is 0.323 e. The van der Waals surface area contributed by atoms with Gasteiger partial charge in [-0.05, 0) is 27.7 Å². The molecule has 0 bridgehead atoms. The number of ether oxygens (including phenoxy) is 2. The zero-order valence-corrected chi connectivity index (χ0v) is 9.72. The van der Waals surface area contributed by atoms with Gasteiger partial charge in [0.05, 0.1) is 6.61 Å². The highest BCUT2D eigenvalue weighted by molar-refractivity contribution is 5.75. The van der Waals surface area contributed by atoms with Gasteiger partial charge >= 0.3 is 5.97 Å². The third-order valence-corrected chi connectivity index (χ3v) is 1.52. The van der Waals surface area contributed by atoms with Gasteiger partial charge in [0.2, 0.25) is 0 Å². The second kappa shape index (κ2) is 5.98. The normalized spacial score (nSPS) is 13.8.